The molecule has 0 saturated carbocycles. The average Bonchev–Trinajstić information content (AvgIpc) is 2.82. The number of nitrogen functional groups attached to an aromatic ring is 1. The van der Waals surface area contributed by atoms with E-state index in [4.69, 9.17) is 5.73 Å². The molecule has 5 nitrogen and oxygen atoms in total. The van der Waals surface area contributed by atoms with E-state index in [2.05, 4.69) is 21.0 Å². The van der Waals surface area contributed by atoms with Gasteiger partial charge in [0.05, 0.1) is 5.39 Å². The zero-order valence-corrected chi connectivity index (χ0v) is 10.3. The Balaban J connectivity index is 2.39. The molecule has 0 aliphatic carbocycles. The highest BCUT2D eigenvalue weighted by atomic mass is 32.1. The number of fused-ring (bicyclic) bond motifs is 1. The van der Waals surface area contributed by atoms with E-state index in [9.17, 15) is 0 Å². The summed E-state index contributed by atoms with van der Waals surface area (Å²) in [4.78, 5) is 14.9. The van der Waals surface area contributed by atoms with Crippen LogP contribution >= 0.6 is 11.3 Å². The van der Waals surface area contributed by atoms with Crippen LogP contribution in [0.3, 0.4) is 0 Å². The molecule has 3 aromatic heterocycles. The Labute approximate surface area is 102 Å². The van der Waals surface area contributed by atoms with Crippen LogP contribution in [0.15, 0.2) is 18.5 Å². The number of thiophene rings is 1. The van der Waals surface area contributed by atoms with Gasteiger partial charge in [0.2, 0.25) is 5.95 Å². The Morgan fingerprint density at radius 2 is 2.12 bits per heavy atom. The molecule has 3 aromatic rings. The summed E-state index contributed by atoms with van der Waals surface area (Å²) in [5.74, 6) is 1.97. The Morgan fingerprint density at radius 1 is 1.29 bits per heavy atom. The first-order valence-corrected chi connectivity index (χ1v) is 6.01. The number of anilines is 1. The molecule has 0 spiro atoms. The SMILES string of the molecule is Cc1cc2c(-n3ccnc3C)nc(N)nc2s1. The zero-order valence-electron chi connectivity index (χ0n) is 9.51. The fourth-order valence-corrected chi connectivity index (χ4v) is 2.71. The highest BCUT2D eigenvalue weighted by Gasteiger charge is 2.12. The van der Waals surface area contributed by atoms with Crippen molar-refractivity contribution in [3.63, 3.8) is 0 Å². The van der Waals surface area contributed by atoms with Crippen LogP contribution in [0.2, 0.25) is 0 Å². The van der Waals surface area contributed by atoms with E-state index in [1.54, 1.807) is 17.5 Å². The van der Waals surface area contributed by atoms with Gasteiger partial charge in [0.1, 0.15) is 10.7 Å². The zero-order chi connectivity index (χ0) is 12.0. The van der Waals surface area contributed by atoms with Gasteiger partial charge >= 0.3 is 0 Å². The van der Waals surface area contributed by atoms with Crippen LogP contribution in [0.1, 0.15) is 10.7 Å². The summed E-state index contributed by atoms with van der Waals surface area (Å²) in [5, 5.41) is 1.02. The topological polar surface area (TPSA) is 69.6 Å². The normalized spacial score (nSPS) is 11.2. The molecule has 6 heteroatoms. The minimum absolute atomic E-state index is 0.294. The van der Waals surface area contributed by atoms with Gasteiger partial charge in [0, 0.05) is 17.3 Å². The fourth-order valence-electron chi connectivity index (χ4n) is 1.83. The second-order valence-electron chi connectivity index (χ2n) is 3.83. The van der Waals surface area contributed by atoms with Gasteiger partial charge in [-0.3, -0.25) is 4.57 Å². The van der Waals surface area contributed by atoms with Crippen molar-refractivity contribution >= 4 is 27.5 Å². The van der Waals surface area contributed by atoms with Crippen molar-refractivity contribution in [3.8, 4) is 5.82 Å². The van der Waals surface area contributed by atoms with Gasteiger partial charge < -0.3 is 5.73 Å². The standard InChI is InChI=1S/C11H11N5S/c1-6-5-8-9(16-4-3-13-7(16)2)14-11(12)15-10(8)17-6/h3-5H,1-2H3,(H2,12,14,15). The van der Waals surface area contributed by atoms with E-state index in [0.717, 1.165) is 21.9 Å². The summed E-state index contributed by atoms with van der Waals surface area (Å²) in [6, 6.07) is 2.08. The van der Waals surface area contributed by atoms with E-state index in [-0.39, 0.29) is 0 Å². The molecule has 3 heterocycles. The number of hydrogen-bond donors (Lipinski definition) is 1. The van der Waals surface area contributed by atoms with Crippen LogP contribution in [-0.4, -0.2) is 19.5 Å². The van der Waals surface area contributed by atoms with E-state index >= 15 is 0 Å². The molecule has 0 aromatic carbocycles. The summed E-state index contributed by atoms with van der Waals surface area (Å²) in [5.41, 5.74) is 5.74. The third-order valence-electron chi connectivity index (χ3n) is 2.57. The van der Waals surface area contributed by atoms with E-state index < -0.39 is 0 Å². The molecule has 0 saturated heterocycles. The summed E-state index contributed by atoms with van der Waals surface area (Å²) >= 11 is 1.62. The summed E-state index contributed by atoms with van der Waals surface area (Å²) in [7, 11) is 0. The van der Waals surface area contributed by atoms with Crippen LogP contribution in [0.4, 0.5) is 5.95 Å². The minimum Gasteiger partial charge on any atom is -0.368 e. The van der Waals surface area contributed by atoms with Crippen LogP contribution in [0.5, 0.6) is 0 Å². The molecular formula is C11H11N5S. The van der Waals surface area contributed by atoms with Gasteiger partial charge in [-0.2, -0.15) is 4.98 Å². The number of imidazole rings is 1. The van der Waals surface area contributed by atoms with Crippen LogP contribution in [0.25, 0.3) is 16.0 Å². The van der Waals surface area contributed by atoms with Crippen LogP contribution < -0.4 is 5.73 Å². The number of aromatic nitrogens is 4. The van der Waals surface area contributed by atoms with Gasteiger partial charge in [0.15, 0.2) is 5.82 Å². The lowest BCUT2D eigenvalue weighted by Crippen LogP contribution is -2.03. The van der Waals surface area contributed by atoms with Gasteiger partial charge in [-0.05, 0) is 19.9 Å². The average molecular weight is 245 g/mol. The summed E-state index contributed by atoms with van der Waals surface area (Å²) in [6.45, 7) is 3.98. The second kappa shape index (κ2) is 3.53. The Morgan fingerprint density at radius 3 is 2.82 bits per heavy atom. The molecule has 86 valence electrons. The largest absolute Gasteiger partial charge is 0.368 e. The third-order valence-corrected chi connectivity index (χ3v) is 3.51. The molecule has 0 aliphatic rings. The Hall–Kier alpha value is -1.95. The lowest BCUT2D eigenvalue weighted by molar-refractivity contribution is 0.940. The first-order chi connectivity index (χ1) is 8.15. The first-order valence-electron chi connectivity index (χ1n) is 5.19. The third kappa shape index (κ3) is 1.57. The Bertz CT molecular complexity index is 697. The molecule has 2 N–H and O–H groups in total. The first kappa shape index (κ1) is 10.2. The van der Waals surface area contributed by atoms with Crippen molar-refractivity contribution in [3.05, 3.63) is 29.2 Å². The predicted molar refractivity (Wildman–Crippen MR) is 68.4 cm³/mol. The highest BCUT2D eigenvalue weighted by Crippen LogP contribution is 2.28. The number of nitrogens with two attached hydrogens (primary N) is 1. The number of rotatable bonds is 1. The molecule has 0 bridgehead atoms. The smallest absolute Gasteiger partial charge is 0.223 e. The molecule has 0 atom stereocenters. The molecule has 0 amide bonds. The quantitative estimate of drug-likeness (QED) is 0.712. The number of aryl methyl sites for hydroxylation is 2. The van der Waals surface area contributed by atoms with Crippen molar-refractivity contribution in [1.29, 1.82) is 0 Å². The van der Waals surface area contributed by atoms with Gasteiger partial charge in [-0.15, -0.1) is 11.3 Å². The van der Waals surface area contributed by atoms with Crippen LogP contribution in [0, 0.1) is 13.8 Å². The molecule has 0 unspecified atom stereocenters. The van der Waals surface area contributed by atoms with Gasteiger partial charge in [0.25, 0.3) is 0 Å². The fraction of sp³-hybridized carbons (Fsp3) is 0.182. The second-order valence-corrected chi connectivity index (χ2v) is 5.06. The lowest BCUT2D eigenvalue weighted by atomic mass is 10.3. The van der Waals surface area contributed by atoms with Gasteiger partial charge in [-0.25, -0.2) is 9.97 Å². The van der Waals surface area contributed by atoms with Crippen molar-refractivity contribution in [2.24, 2.45) is 0 Å². The minimum atomic E-state index is 0.294. The van der Waals surface area contributed by atoms with Crippen molar-refractivity contribution in [2.45, 2.75) is 13.8 Å². The maximum atomic E-state index is 5.74. The molecule has 0 radical (unpaired) electrons. The van der Waals surface area contributed by atoms with Crippen LogP contribution in [-0.2, 0) is 0 Å². The van der Waals surface area contributed by atoms with E-state index in [1.807, 2.05) is 24.6 Å². The molecule has 0 fully saturated rings. The maximum absolute atomic E-state index is 5.74. The van der Waals surface area contributed by atoms with Crippen molar-refractivity contribution in [1.82, 2.24) is 19.5 Å². The Kier molecular flexibility index (Phi) is 2.12. The number of nitrogens with zero attached hydrogens (tertiary/aromatic N) is 4. The molecular weight excluding hydrogens is 234 g/mol. The van der Waals surface area contributed by atoms with Gasteiger partial charge in [-0.1, -0.05) is 0 Å². The van der Waals surface area contributed by atoms with E-state index in [0.29, 0.717) is 5.95 Å². The lowest BCUT2D eigenvalue weighted by Gasteiger charge is -2.05. The van der Waals surface area contributed by atoms with Crippen molar-refractivity contribution in [2.75, 3.05) is 5.73 Å². The molecule has 0 aliphatic heterocycles. The maximum Gasteiger partial charge on any atom is 0.223 e. The summed E-state index contributed by atoms with van der Waals surface area (Å²) in [6.07, 6.45) is 3.63. The monoisotopic (exact) mass is 245 g/mol. The number of hydrogen-bond acceptors (Lipinski definition) is 5. The summed E-state index contributed by atoms with van der Waals surface area (Å²) < 4.78 is 1.92. The van der Waals surface area contributed by atoms with E-state index in [1.165, 1.54) is 4.88 Å². The molecule has 3 rings (SSSR count). The highest BCUT2D eigenvalue weighted by molar-refractivity contribution is 7.18. The predicted octanol–water partition coefficient (Wildman–Crippen LogP) is 2.08. The molecule has 17 heavy (non-hydrogen) atoms. The van der Waals surface area contributed by atoms with Crippen molar-refractivity contribution < 1.29 is 0 Å².